The van der Waals surface area contributed by atoms with Crippen molar-refractivity contribution in [3.63, 3.8) is 0 Å². The summed E-state index contributed by atoms with van der Waals surface area (Å²) in [6.45, 7) is -2.82. The number of halogens is 2. The number of nitrogens with one attached hydrogen (secondary N) is 2. The SMILES string of the molecule is O=C(CNc1ccc(OC(F)F)cc1)Nc1ccccc1-c1ccccc1. The van der Waals surface area contributed by atoms with Crippen molar-refractivity contribution in [2.24, 2.45) is 0 Å². The molecule has 0 atom stereocenters. The third-order valence-corrected chi connectivity index (χ3v) is 3.82. The van der Waals surface area contributed by atoms with E-state index in [9.17, 15) is 13.6 Å². The monoisotopic (exact) mass is 368 g/mol. The lowest BCUT2D eigenvalue weighted by Gasteiger charge is -2.12. The van der Waals surface area contributed by atoms with Crippen LogP contribution in [0.15, 0.2) is 78.9 Å². The van der Waals surface area contributed by atoms with Crippen molar-refractivity contribution in [3.05, 3.63) is 78.9 Å². The summed E-state index contributed by atoms with van der Waals surface area (Å²) < 4.78 is 28.6. The fourth-order valence-corrected chi connectivity index (χ4v) is 2.59. The number of alkyl halides is 2. The van der Waals surface area contributed by atoms with Crippen LogP contribution in [0, 0.1) is 0 Å². The Balaban J connectivity index is 1.60. The molecular weight excluding hydrogens is 350 g/mol. The minimum atomic E-state index is -2.86. The molecule has 3 aromatic carbocycles. The number of benzene rings is 3. The van der Waals surface area contributed by atoms with E-state index in [1.165, 1.54) is 12.1 Å². The van der Waals surface area contributed by atoms with Gasteiger partial charge in [0.15, 0.2) is 0 Å². The Hall–Kier alpha value is -3.41. The zero-order valence-corrected chi connectivity index (χ0v) is 14.4. The van der Waals surface area contributed by atoms with E-state index in [2.05, 4.69) is 15.4 Å². The van der Waals surface area contributed by atoms with E-state index in [0.29, 0.717) is 5.69 Å². The fraction of sp³-hybridized carbons (Fsp3) is 0.0952. The van der Waals surface area contributed by atoms with Gasteiger partial charge in [0.25, 0.3) is 0 Å². The topological polar surface area (TPSA) is 50.4 Å². The predicted molar refractivity (Wildman–Crippen MR) is 102 cm³/mol. The Morgan fingerprint density at radius 3 is 2.26 bits per heavy atom. The highest BCUT2D eigenvalue weighted by molar-refractivity contribution is 5.97. The molecule has 4 nitrogen and oxygen atoms in total. The van der Waals surface area contributed by atoms with Gasteiger partial charge in [0, 0.05) is 16.9 Å². The van der Waals surface area contributed by atoms with E-state index in [1.54, 1.807) is 12.1 Å². The van der Waals surface area contributed by atoms with Crippen molar-refractivity contribution in [1.82, 2.24) is 0 Å². The Bertz CT molecular complexity index is 884. The van der Waals surface area contributed by atoms with E-state index < -0.39 is 6.61 Å². The van der Waals surface area contributed by atoms with Crippen molar-refractivity contribution < 1.29 is 18.3 Å². The Kier molecular flexibility index (Phi) is 5.99. The second-order valence-corrected chi connectivity index (χ2v) is 5.72. The van der Waals surface area contributed by atoms with Crippen LogP contribution in [0.3, 0.4) is 0 Å². The fourth-order valence-electron chi connectivity index (χ4n) is 2.59. The number of amides is 1. The molecular formula is C21H18F2N2O2. The number of ether oxygens (including phenoxy) is 1. The molecule has 0 saturated carbocycles. The molecule has 0 fully saturated rings. The van der Waals surface area contributed by atoms with Crippen molar-refractivity contribution >= 4 is 17.3 Å². The molecule has 0 spiro atoms. The molecule has 0 unspecified atom stereocenters. The van der Waals surface area contributed by atoms with Gasteiger partial charge in [0.2, 0.25) is 5.91 Å². The summed E-state index contributed by atoms with van der Waals surface area (Å²) in [6, 6.07) is 23.3. The molecule has 3 aromatic rings. The molecule has 0 aromatic heterocycles. The maximum Gasteiger partial charge on any atom is 0.387 e. The number of hydrogen-bond donors (Lipinski definition) is 2. The zero-order valence-electron chi connectivity index (χ0n) is 14.4. The first kappa shape index (κ1) is 18.4. The van der Waals surface area contributed by atoms with Crippen LogP contribution in [0.2, 0.25) is 0 Å². The van der Waals surface area contributed by atoms with Crippen LogP contribution < -0.4 is 15.4 Å². The number of rotatable bonds is 7. The second kappa shape index (κ2) is 8.80. The lowest BCUT2D eigenvalue weighted by Crippen LogP contribution is -2.22. The third kappa shape index (κ3) is 5.28. The van der Waals surface area contributed by atoms with Gasteiger partial charge in [-0.15, -0.1) is 0 Å². The van der Waals surface area contributed by atoms with Gasteiger partial charge >= 0.3 is 6.61 Å². The summed E-state index contributed by atoms with van der Waals surface area (Å²) in [5, 5.41) is 5.84. The Morgan fingerprint density at radius 2 is 1.56 bits per heavy atom. The molecule has 0 bridgehead atoms. The van der Waals surface area contributed by atoms with E-state index in [1.807, 2.05) is 54.6 Å². The Morgan fingerprint density at radius 1 is 0.889 bits per heavy atom. The van der Waals surface area contributed by atoms with Crippen LogP contribution in [-0.2, 0) is 4.79 Å². The van der Waals surface area contributed by atoms with E-state index in [-0.39, 0.29) is 18.2 Å². The Labute approximate surface area is 155 Å². The lowest BCUT2D eigenvalue weighted by molar-refractivity contribution is -0.114. The summed E-state index contributed by atoms with van der Waals surface area (Å²) in [5.41, 5.74) is 3.29. The van der Waals surface area contributed by atoms with Crippen molar-refractivity contribution in [2.45, 2.75) is 6.61 Å². The minimum Gasteiger partial charge on any atom is -0.435 e. The molecule has 0 aliphatic heterocycles. The lowest BCUT2D eigenvalue weighted by atomic mass is 10.0. The van der Waals surface area contributed by atoms with Gasteiger partial charge in [-0.2, -0.15) is 8.78 Å². The number of carbonyl (C=O) groups excluding carboxylic acids is 1. The molecule has 3 rings (SSSR count). The van der Waals surface area contributed by atoms with Crippen LogP contribution in [0.5, 0.6) is 5.75 Å². The molecule has 1 amide bonds. The molecule has 2 N–H and O–H groups in total. The van der Waals surface area contributed by atoms with Crippen LogP contribution in [0.1, 0.15) is 0 Å². The summed E-state index contributed by atoms with van der Waals surface area (Å²) in [5.74, 6) is -0.150. The van der Waals surface area contributed by atoms with E-state index >= 15 is 0 Å². The smallest absolute Gasteiger partial charge is 0.387 e. The normalized spacial score (nSPS) is 10.5. The maximum atomic E-state index is 12.3. The summed E-state index contributed by atoms with van der Waals surface area (Å²) >= 11 is 0. The maximum absolute atomic E-state index is 12.3. The standard InChI is InChI=1S/C21H18F2N2O2/c22-21(23)27-17-12-10-16(11-13-17)24-14-20(26)25-19-9-5-4-8-18(19)15-6-2-1-3-7-15/h1-13,21,24H,14H2,(H,25,26). The average Bonchev–Trinajstić information content (AvgIpc) is 2.68. The van der Waals surface area contributed by atoms with Gasteiger partial charge in [0.05, 0.1) is 6.54 Å². The van der Waals surface area contributed by atoms with Gasteiger partial charge in [-0.1, -0.05) is 48.5 Å². The summed E-state index contributed by atoms with van der Waals surface area (Å²) in [7, 11) is 0. The molecule has 0 aliphatic carbocycles. The van der Waals surface area contributed by atoms with Gasteiger partial charge < -0.3 is 15.4 Å². The molecule has 0 heterocycles. The largest absolute Gasteiger partial charge is 0.435 e. The van der Waals surface area contributed by atoms with Crippen LogP contribution in [0.25, 0.3) is 11.1 Å². The number of para-hydroxylation sites is 1. The molecule has 0 aliphatic rings. The second-order valence-electron chi connectivity index (χ2n) is 5.72. The van der Waals surface area contributed by atoms with Gasteiger partial charge in [-0.25, -0.2) is 0 Å². The minimum absolute atomic E-state index is 0.0399. The number of anilines is 2. The molecule has 27 heavy (non-hydrogen) atoms. The average molecular weight is 368 g/mol. The van der Waals surface area contributed by atoms with Crippen molar-refractivity contribution in [1.29, 1.82) is 0 Å². The predicted octanol–water partition coefficient (Wildman–Crippen LogP) is 5.01. The quantitative estimate of drug-likeness (QED) is 0.617. The van der Waals surface area contributed by atoms with Gasteiger partial charge in [-0.3, -0.25) is 4.79 Å². The van der Waals surface area contributed by atoms with E-state index in [4.69, 9.17) is 0 Å². The number of carbonyl (C=O) groups is 1. The van der Waals surface area contributed by atoms with Crippen LogP contribution in [0.4, 0.5) is 20.2 Å². The zero-order chi connectivity index (χ0) is 19.1. The van der Waals surface area contributed by atoms with Gasteiger partial charge in [0.1, 0.15) is 5.75 Å². The van der Waals surface area contributed by atoms with E-state index in [0.717, 1.165) is 16.8 Å². The molecule has 138 valence electrons. The third-order valence-electron chi connectivity index (χ3n) is 3.82. The highest BCUT2D eigenvalue weighted by Gasteiger charge is 2.08. The summed E-state index contributed by atoms with van der Waals surface area (Å²) in [6.07, 6.45) is 0. The highest BCUT2D eigenvalue weighted by atomic mass is 19.3. The first-order chi connectivity index (χ1) is 13.1. The first-order valence-corrected chi connectivity index (χ1v) is 8.35. The van der Waals surface area contributed by atoms with Crippen molar-refractivity contribution in [3.8, 4) is 16.9 Å². The number of hydrogen-bond acceptors (Lipinski definition) is 3. The molecule has 6 heteroatoms. The highest BCUT2D eigenvalue weighted by Crippen LogP contribution is 2.27. The first-order valence-electron chi connectivity index (χ1n) is 8.35. The molecule has 0 radical (unpaired) electrons. The molecule has 0 saturated heterocycles. The van der Waals surface area contributed by atoms with Crippen molar-refractivity contribution in [2.75, 3.05) is 17.2 Å². The van der Waals surface area contributed by atoms with Crippen LogP contribution in [-0.4, -0.2) is 19.1 Å². The summed E-state index contributed by atoms with van der Waals surface area (Å²) in [4.78, 5) is 12.3. The van der Waals surface area contributed by atoms with Crippen LogP contribution >= 0.6 is 0 Å². The van der Waals surface area contributed by atoms with Gasteiger partial charge in [-0.05, 0) is 35.9 Å².